The Labute approximate surface area is 157 Å². The number of para-hydroxylation sites is 1. The number of carbonyl (C=O) groups is 2. The lowest BCUT2D eigenvalue weighted by Gasteiger charge is -2.13. The van der Waals surface area contributed by atoms with Gasteiger partial charge in [-0.15, -0.1) is 0 Å². The smallest absolute Gasteiger partial charge is 0.418 e. The number of halogens is 3. The number of anilines is 1. The third-order valence-electron chi connectivity index (χ3n) is 3.96. The van der Waals surface area contributed by atoms with Crippen molar-refractivity contribution in [3.8, 4) is 5.75 Å². The molecule has 0 aliphatic rings. The SMILES string of the molecule is O=C(COC(=O)c1ccc2ccccc2c1O)Nc1ccccc1C(F)(F)F. The van der Waals surface area contributed by atoms with Gasteiger partial charge in [-0.1, -0.05) is 42.5 Å². The Hall–Kier alpha value is -3.55. The molecule has 3 aromatic rings. The number of carbonyl (C=O) groups excluding carboxylic acids is 2. The van der Waals surface area contributed by atoms with Crippen LogP contribution in [0.5, 0.6) is 5.75 Å². The Morgan fingerprint density at radius 2 is 1.64 bits per heavy atom. The van der Waals surface area contributed by atoms with Gasteiger partial charge in [-0.25, -0.2) is 4.79 Å². The highest BCUT2D eigenvalue weighted by Crippen LogP contribution is 2.34. The molecule has 0 aromatic heterocycles. The fourth-order valence-corrected chi connectivity index (χ4v) is 2.65. The van der Waals surface area contributed by atoms with Gasteiger partial charge in [0.25, 0.3) is 5.91 Å². The number of nitrogens with one attached hydrogen (secondary N) is 1. The number of benzene rings is 3. The molecular formula is C20H14F3NO4. The van der Waals surface area contributed by atoms with E-state index in [0.29, 0.717) is 10.8 Å². The standard InChI is InChI=1S/C20H14F3NO4/c21-20(22,23)15-7-3-4-8-16(15)24-17(25)11-28-19(27)14-10-9-12-5-1-2-6-13(12)18(14)26/h1-10,26H,11H2,(H,24,25). The van der Waals surface area contributed by atoms with Crippen molar-refractivity contribution in [2.45, 2.75) is 6.18 Å². The lowest BCUT2D eigenvalue weighted by atomic mass is 10.1. The zero-order valence-electron chi connectivity index (χ0n) is 14.3. The van der Waals surface area contributed by atoms with Crippen LogP contribution in [0.25, 0.3) is 10.8 Å². The second kappa shape index (κ2) is 7.59. The molecular weight excluding hydrogens is 375 g/mol. The predicted molar refractivity (Wildman–Crippen MR) is 96.0 cm³/mol. The Morgan fingerprint density at radius 3 is 2.39 bits per heavy atom. The van der Waals surface area contributed by atoms with Crippen LogP contribution >= 0.6 is 0 Å². The van der Waals surface area contributed by atoms with Crippen LogP contribution in [-0.4, -0.2) is 23.6 Å². The monoisotopic (exact) mass is 389 g/mol. The summed E-state index contributed by atoms with van der Waals surface area (Å²) in [6.45, 7) is -0.808. The first kappa shape index (κ1) is 19.2. The van der Waals surface area contributed by atoms with Gasteiger partial charge in [0.15, 0.2) is 6.61 Å². The number of fused-ring (bicyclic) bond motifs is 1. The summed E-state index contributed by atoms with van der Waals surface area (Å²) in [5, 5.41) is 13.4. The maximum absolute atomic E-state index is 12.9. The fourth-order valence-electron chi connectivity index (χ4n) is 2.65. The Morgan fingerprint density at radius 1 is 0.964 bits per heavy atom. The summed E-state index contributed by atoms with van der Waals surface area (Å²) < 4.78 is 43.7. The molecule has 5 nitrogen and oxygen atoms in total. The number of aromatic hydroxyl groups is 1. The van der Waals surface area contributed by atoms with Crippen molar-refractivity contribution in [3.63, 3.8) is 0 Å². The fraction of sp³-hybridized carbons (Fsp3) is 0.100. The average molecular weight is 389 g/mol. The van der Waals surface area contributed by atoms with E-state index in [9.17, 15) is 27.9 Å². The van der Waals surface area contributed by atoms with Gasteiger partial charge in [0, 0.05) is 5.39 Å². The van der Waals surface area contributed by atoms with Gasteiger partial charge in [-0.3, -0.25) is 4.79 Å². The van der Waals surface area contributed by atoms with Crippen LogP contribution in [0, 0.1) is 0 Å². The van der Waals surface area contributed by atoms with Crippen LogP contribution in [0.4, 0.5) is 18.9 Å². The van der Waals surface area contributed by atoms with Crippen LogP contribution in [0.15, 0.2) is 60.7 Å². The summed E-state index contributed by atoms with van der Waals surface area (Å²) in [6.07, 6.45) is -4.64. The number of phenols is 1. The maximum Gasteiger partial charge on any atom is 0.418 e. The molecule has 3 rings (SSSR count). The summed E-state index contributed by atoms with van der Waals surface area (Å²) in [4.78, 5) is 24.1. The summed E-state index contributed by atoms with van der Waals surface area (Å²) in [6, 6.07) is 14.2. The van der Waals surface area contributed by atoms with E-state index in [0.717, 1.165) is 12.1 Å². The van der Waals surface area contributed by atoms with Crippen molar-refractivity contribution in [2.75, 3.05) is 11.9 Å². The van der Waals surface area contributed by atoms with Crippen molar-refractivity contribution in [3.05, 3.63) is 71.8 Å². The molecule has 0 radical (unpaired) electrons. The van der Waals surface area contributed by atoms with E-state index in [1.807, 2.05) is 0 Å². The highest BCUT2D eigenvalue weighted by molar-refractivity contribution is 6.02. The topological polar surface area (TPSA) is 75.6 Å². The quantitative estimate of drug-likeness (QED) is 0.650. The molecule has 0 aliphatic carbocycles. The van der Waals surface area contributed by atoms with E-state index in [4.69, 9.17) is 4.74 Å². The molecule has 0 heterocycles. The molecule has 0 spiro atoms. The number of hydrogen-bond acceptors (Lipinski definition) is 4. The summed E-state index contributed by atoms with van der Waals surface area (Å²) in [5.74, 6) is -2.21. The number of alkyl halides is 3. The van der Waals surface area contributed by atoms with Gasteiger partial charge in [-0.05, 0) is 23.6 Å². The first-order valence-corrected chi connectivity index (χ1v) is 8.11. The van der Waals surface area contributed by atoms with E-state index >= 15 is 0 Å². The van der Waals surface area contributed by atoms with Crippen molar-refractivity contribution in [1.82, 2.24) is 0 Å². The van der Waals surface area contributed by atoms with Gasteiger partial charge in [-0.2, -0.15) is 13.2 Å². The summed E-state index contributed by atoms with van der Waals surface area (Å²) >= 11 is 0. The van der Waals surface area contributed by atoms with Crippen LogP contribution in [0.2, 0.25) is 0 Å². The lowest BCUT2D eigenvalue weighted by molar-refractivity contribution is -0.137. The molecule has 0 fully saturated rings. The first-order chi connectivity index (χ1) is 13.3. The molecule has 0 atom stereocenters. The number of amides is 1. The van der Waals surface area contributed by atoms with E-state index < -0.39 is 35.9 Å². The number of hydrogen-bond donors (Lipinski definition) is 2. The zero-order chi connectivity index (χ0) is 20.3. The molecule has 28 heavy (non-hydrogen) atoms. The van der Waals surface area contributed by atoms with Gasteiger partial charge < -0.3 is 15.2 Å². The number of rotatable bonds is 4. The van der Waals surface area contributed by atoms with Crippen molar-refractivity contribution in [2.24, 2.45) is 0 Å². The van der Waals surface area contributed by atoms with Crippen molar-refractivity contribution >= 4 is 28.3 Å². The van der Waals surface area contributed by atoms with E-state index in [1.165, 1.54) is 18.2 Å². The third kappa shape index (κ3) is 4.06. The minimum Gasteiger partial charge on any atom is -0.506 e. The van der Waals surface area contributed by atoms with Gasteiger partial charge in [0.2, 0.25) is 0 Å². The van der Waals surface area contributed by atoms with Crippen LogP contribution in [0.1, 0.15) is 15.9 Å². The molecule has 0 saturated carbocycles. The van der Waals surface area contributed by atoms with Gasteiger partial charge in [0.1, 0.15) is 11.3 Å². The zero-order valence-corrected chi connectivity index (χ0v) is 14.3. The molecule has 144 valence electrons. The molecule has 0 aliphatic heterocycles. The Bertz CT molecular complexity index is 1050. The molecule has 0 saturated heterocycles. The molecule has 0 unspecified atom stereocenters. The molecule has 1 amide bonds. The normalized spacial score (nSPS) is 11.2. The van der Waals surface area contributed by atoms with E-state index in [-0.39, 0.29) is 11.3 Å². The number of ether oxygens (including phenoxy) is 1. The molecule has 3 aromatic carbocycles. The van der Waals surface area contributed by atoms with Gasteiger partial charge >= 0.3 is 12.1 Å². The van der Waals surface area contributed by atoms with E-state index in [1.54, 1.807) is 30.3 Å². The number of esters is 1. The predicted octanol–water partition coefficient (Wildman–Crippen LogP) is 4.36. The second-order valence-corrected chi connectivity index (χ2v) is 5.85. The molecule has 0 bridgehead atoms. The van der Waals surface area contributed by atoms with Gasteiger partial charge in [0.05, 0.1) is 11.3 Å². The molecule has 2 N–H and O–H groups in total. The van der Waals surface area contributed by atoms with Crippen molar-refractivity contribution < 1.29 is 32.6 Å². The minimum atomic E-state index is -4.64. The van der Waals surface area contributed by atoms with Crippen LogP contribution in [0.3, 0.4) is 0 Å². The van der Waals surface area contributed by atoms with Crippen molar-refractivity contribution in [1.29, 1.82) is 0 Å². The van der Waals surface area contributed by atoms with E-state index in [2.05, 4.69) is 5.32 Å². The van der Waals surface area contributed by atoms with Crippen LogP contribution in [-0.2, 0) is 15.7 Å². The minimum absolute atomic E-state index is 0.151. The maximum atomic E-state index is 12.9. The average Bonchev–Trinajstić information content (AvgIpc) is 2.66. The van der Waals surface area contributed by atoms with Crippen LogP contribution < -0.4 is 5.32 Å². The highest BCUT2D eigenvalue weighted by atomic mass is 19.4. The Balaban J connectivity index is 1.69. The second-order valence-electron chi connectivity index (χ2n) is 5.85. The highest BCUT2D eigenvalue weighted by Gasteiger charge is 2.33. The number of phenolic OH excluding ortho intramolecular Hbond substituents is 1. The summed E-state index contributed by atoms with van der Waals surface area (Å²) in [7, 11) is 0. The first-order valence-electron chi connectivity index (χ1n) is 8.11. The Kier molecular flexibility index (Phi) is 5.21. The third-order valence-corrected chi connectivity index (χ3v) is 3.96. The summed E-state index contributed by atoms with van der Waals surface area (Å²) in [5.41, 5.74) is -1.60. The largest absolute Gasteiger partial charge is 0.506 e. The molecule has 8 heteroatoms. The lowest BCUT2D eigenvalue weighted by Crippen LogP contribution is -2.22.